The van der Waals surface area contributed by atoms with Gasteiger partial charge in [-0.3, -0.25) is 14.5 Å². The van der Waals surface area contributed by atoms with Crippen LogP contribution in [0.15, 0.2) is 79.0 Å². The van der Waals surface area contributed by atoms with Gasteiger partial charge < -0.3 is 5.32 Å². The number of nitrogens with one attached hydrogen (secondary N) is 1. The molecule has 0 fully saturated rings. The molecule has 0 spiro atoms. The SMILES string of the molecule is Cc1ccc2ncc3c(-c4ccccc4)nn(CC(=O)Nc4ccccc4F)c3c2c1. The molecule has 152 valence electrons. The van der Waals surface area contributed by atoms with Crippen LogP contribution in [0.25, 0.3) is 33.1 Å². The maximum absolute atomic E-state index is 14.0. The first-order chi connectivity index (χ1) is 15.1. The van der Waals surface area contributed by atoms with E-state index in [-0.39, 0.29) is 18.1 Å². The minimum atomic E-state index is -0.476. The highest BCUT2D eigenvalue weighted by Gasteiger charge is 2.18. The number of nitrogens with zero attached hydrogens (tertiary/aromatic N) is 3. The molecular formula is C25H19FN4O. The smallest absolute Gasteiger partial charge is 0.246 e. The van der Waals surface area contributed by atoms with Crippen LogP contribution in [0.4, 0.5) is 10.1 Å². The highest BCUT2D eigenvalue weighted by atomic mass is 19.1. The molecule has 0 unspecified atom stereocenters. The van der Waals surface area contributed by atoms with E-state index in [9.17, 15) is 9.18 Å². The van der Waals surface area contributed by atoms with Crippen LogP contribution in [0, 0.1) is 12.7 Å². The molecule has 0 radical (unpaired) electrons. The second kappa shape index (κ2) is 7.65. The third-order valence-corrected chi connectivity index (χ3v) is 5.22. The molecule has 3 aromatic carbocycles. The Morgan fingerprint density at radius 2 is 1.77 bits per heavy atom. The maximum atomic E-state index is 14.0. The number of hydrogen-bond acceptors (Lipinski definition) is 3. The number of pyridine rings is 1. The molecule has 0 bridgehead atoms. The molecule has 0 atom stereocenters. The monoisotopic (exact) mass is 410 g/mol. The van der Waals surface area contributed by atoms with Crippen molar-refractivity contribution in [1.82, 2.24) is 14.8 Å². The van der Waals surface area contributed by atoms with Crippen molar-refractivity contribution in [1.29, 1.82) is 0 Å². The van der Waals surface area contributed by atoms with E-state index in [4.69, 9.17) is 5.10 Å². The van der Waals surface area contributed by atoms with Crippen molar-refractivity contribution in [3.63, 3.8) is 0 Å². The van der Waals surface area contributed by atoms with E-state index >= 15 is 0 Å². The Bertz CT molecular complexity index is 1430. The summed E-state index contributed by atoms with van der Waals surface area (Å²) in [6, 6.07) is 21.9. The summed E-state index contributed by atoms with van der Waals surface area (Å²) in [5, 5.41) is 9.19. The number of halogens is 1. The fourth-order valence-electron chi connectivity index (χ4n) is 3.78. The summed E-state index contributed by atoms with van der Waals surface area (Å²) in [4.78, 5) is 17.4. The van der Waals surface area contributed by atoms with E-state index in [1.165, 1.54) is 12.1 Å². The van der Waals surface area contributed by atoms with Gasteiger partial charge in [0, 0.05) is 22.5 Å². The molecular weight excluding hydrogens is 391 g/mol. The Labute approximate surface area is 178 Å². The van der Waals surface area contributed by atoms with Crippen molar-refractivity contribution < 1.29 is 9.18 Å². The topological polar surface area (TPSA) is 59.8 Å². The number of benzene rings is 3. The largest absolute Gasteiger partial charge is 0.322 e. The summed E-state index contributed by atoms with van der Waals surface area (Å²) >= 11 is 0. The lowest BCUT2D eigenvalue weighted by atomic mass is 10.1. The van der Waals surface area contributed by atoms with Crippen molar-refractivity contribution >= 4 is 33.4 Å². The fraction of sp³-hybridized carbons (Fsp3) is 0.0800. The van der Waals surface area contributed by atoms with Crippen molar-refractivity contribution in [2.24, 2.45) is 0 Å². The van der Waals surface area contributed by atoms with Gasteiger partial charge in [-0.15, -0.1) is 0 Å². The average Bonchev–Trinajstić information content (AvgIpc) is 3.14. The van der Waals surface area contributed by atoms with Crippen LogP contribution in [0.2, 0.25) is 0 Å². The lowest BCUT2D eigenvalue weighted by Crippen LogP contribution is -2.20. The molecule has 31 heavy (non-hydrogen) atoms. The Morgan fingerprint density at radius 1 is 1.00 bits per heavy atom. The molecule has 1 N–H and O–H groups in total. The predicted molar refractivity (Wildman–Crippen MR) is 120 cm³/mol. The van der Waals surface area contributed by atoms with Gasteiger partial charge in [0.2, 0.25) is 5.91 Å². The zero-order valence-electron chi connectivity index (χ0n) is 16.8. The molecule has 2 aromatic heterocycles. The first-order valence-corrected chi connectivity index (χ1v) is 9.96. The molecule has 5 rings (SSSR count). The molecule has 0 aliphatic rings. The zero-order chi connectivity index (χ0) is 21.4. The first-order valence-electron chi connectivity index (χ1n) is 9.96. The number of carbonyl (C=O) groups excluding carboxylic acids is 1. The summed E-state index contributed by atoms with van der Waals surface area (Å²) in [6.45, 7) is 1.96. The Morgan fingerprint density at radius 3 is 2.58 bits per heavy atom. The lowest BCUT2D eigenvalue weighted by Gasteiger charge is -2.08. The normalized spacial score (nSPS) is 11.2. The van der Waals surface area contributed by atoms with Gasteiger partial charge in [0.15, 0.2) is 0 Å². The van der Waals surface area contributed by atoms with Gasteiger partial charge >= 0.3 is 0 Å². The number of aryl methyl sites for hydroxylation is 1. The van der Waals surface area contributed by atoms with Crippen molar-refractivity contribution in [3.05, 3.63) is 90.4 Å². The number of hydrogen-bond donors (Lipinski definition) is 1. The maximum Gasteiger partial charge on any atom is 0.246 e. The Balaban J connectivity index is 1.65. The summed E-state index contributed by atoms with van der Waals surface area (Å²) < 4.78 is 15.7. The van der Waals surface area contributed by atoms with E-state index in [2.05, 4.69) is 10.3 Å². The lowest BCUT2D eigenvalue weighted by molar-refractivity contribution is -0.116. The Kier molecular flexibility index (Phi) is 4.67. The number of para-hydroxylation sites is 1. The Hall–Kier alpha value is -4.06. The quantitative estimate of drug-likeness (QED) is 0.435. The van der Waals surface area contributed by atoms with Crippen LogP contribution >= 0.6 is 0 Å². The van der Waals surface area contributed by atoms with Crippen LogP contribution in [0.1, 0.15) is 5.56 Å². The van der Waals surface area contributed by atoms with Crippen molar-refractivity contribution in [2.45, 2.75) is 13.5 Å². The van der Waals surface area contributed by atoms with Gasteiger partial charge in [-0.2, -0.15) is 5.10 Å². The van der Waals surface area contributed by atoms with Crippen LogP contribution in [-0.4, -0.2) is 20.7 Å². The van der Waals surface area contributed by atoms with Gasteiger partial charge in [0.05, 0.1) is 16.7 Å². The van der Waals surface area contributed by atoms with Crippen LogP contribution in [0.5, 0.6) is 0 Å². The molecule has 0 saturated heterocycles. The van der Waals surface area contributed by atoms with Crippen molar-refractivity contribution in [3.8, 4) is 11.3 Å². The highest BCUT2D eigenvalue weighted by Crippen LogP contribution is 2.32. The second-order valence-corrected chi connectivity index (χ2v) is 7.44. The van der Waals surface area contributed by atoms with Crippen LogP contribution in [0.3, 0.4) is 0 Å². The minimum absolute atomic E-state index is 0.0509. The zero-order valence-corrected chi connectivity index (χ0v) is 16.8. The standard InChI is InChI=1S/C25H19FN4O/c1-16-11-12-21-18(13-16)25-19(14-27-21)24(17-7-3-2-4-8-17)29-30(25)15-23(31)28-22-10-6-5-9-20(22)26/h2-14H,15H2,1H3,(H,28,31). The molecule has 6 heteroatoms. The molecule has 5 nitrogen and oxygen atoms in total. The number of rotatable bonds is 4. The minimum Gasteiger partial charge on any atom is -0.322 e. The highest BCUT2D eigenvalue weighted by molar-refractivity contribution is 6.08. The second-order valence-electron chi connectivity index (χ2n) is 7.44. The molecule has 0 saturated carbocycles. The molecule has 0 aliphatic carbocycles. The third-order valence-electron chi connectivity index (χ3n) is 5.22. The van der Waals surface area contributed by atoms with Crippen LogP contribution < -0.4 is 5.32 Å². The molecule has 5 aromatic rings. The van der Waals surface area contributed by atoms with Crippen LogP contribution in [-0.2, 0) is 11.3 Å². The third kappa shape index (κ3) is 3.53. The van der Waals surface area contributed by atoms with Gasteiger partial charge in [-0.1, -0.05) is 54.1 Å². The number of carbonyl (C=O) groups is 1. The summed E-state index contributed by atoms with van der Waals surface area (Å²) in [6.07, 6.45) is 1.80. The number of aromatic nitrogens is 3. The van der Waals surface area contributed by atoms with E-state index in [1.807, 2.05) is 55.5 Å². The number of fused-ring (bicyclic) bond motifs is 3. The van der Waals surface area contributed by atoms with E-state index in [0.717, 1.165) is 38.6 Å². The van der Waals surface area contributed by atoms with Gasteiger partial charge in [0.1, 0.15) is 18.1 Å². The van der Waals surface area contributed by atoms with Gasteiger partial charge in [-0.25, -0.2) is 4.39 Å². The average molecular weight is 410 g/mol. The van der Waals surface area contributed by atoms with Gasteiger partial charge in [0.25, 0.3) is 0 Å². The summed E-state index contributed by atoms with van der Waals surface area (Å²) in [7, 11) is 0. The van der Waals surface area contributed by atoms with E-state index in [0.29, 0.717) is 0 Å². The fourth-order valence-corrected chi connectivity index (χ4v) is 3.78. The summed E-state index contributed by atoms with van der Waals surface area (Å²) in [5.41, 5.74) is 4.59. The molecule has 1 amide bonds. The number of anilines is 1. The van der Waals surface area contributed by atoms with E-state index in [1.54, 1.807) is 23.0 Å². The van der Waals surface area contributed by atoms with E-state index < -0.39 is 5.82 Å². The van der Waals surface area contributed by atoms with Gasteiger partial charge in [-0.05, 0) is 31.2 Å². The number of amides is 1. The first kappa shape index (κ1) is 18.9. The summed E-state index contributed by atoms with van der Waals surface area (Å²) in [5.74, 6) is -0.830. The van der Waals surface area contributed by atoms with Crippen molar-refractivity contribution in [2.75, 3.05) is 5.32 Å². The molecule has 0 aliphatic heterocycles. The molecule has 2 heterocycles. The predicted octanol–water partition coefficient (Wildman–Crippen LogP) is 5.34.